The number of aryl methyl sites for hydroxylation is 1. The normalized spacial score (nSPS) is 21.8. The van der Waals surface area contributed by atoms with Crippen molar-refractivity contribution in [3.8, 4) is 0 Å². The number of ether oxygens (including phenoxy) is 1. The number of anilines is 2. The Morgan fingerprint density at radius 1 is 0.943 bits per heavy atom. The number of hydrogen-bond acceptors (Lipinski definition) is 5. The van der Waals surface area contributed by atoms with E-state index in [1.165, 1.54) is 22.5 Å². The molecule has 2 aromatic rings. The maximum Gasteiger partial charge on any atom is 0.410 e. The Morgan fingerprint density at radius 2 is 1.69 bits per heavy atom. The van der Waals surface area contributed by atoms with Gasteiger partial charge in [0, 0.05) is 69.3 Å². The van der Waals surface area contributed by atoms with Crippen molar-refractivity contribution in [1.29, 1.82) is 0 Å². The molecule has 2 heterocycles. The molecule has 35 heavy (non-hydrogen) atoms. The van der Waals surface area contributed by atoms with Crippen molar-refractivity contribution in [2.24, 2.45) is 0 Å². The summed E-state index contributed by atoms with van der Waals surface area (Å²) in [6.45, 7) is 18.8. The number of carbonyl (C=O) groups is 1. The van der Waals surface area contributed by atoms with Crippen molar-refractivity contribution in [3.63, 3.8) is 0 Å². The van der Waals surface area contributed by atoms with E-state index in [9.17, 15) is 4.79 Å². The molecule has 2 fully saturated rings. The molecule has 190 valence electrons. The molecule has 0 saturated carbocycles. The zero-order chi connectivity index (χ0) is 25.2. The molecule has 0 spiro atoms. The molecule has 2 aliphatic rings. The van der Waals surface area contributed by atoms with E-state index < -0.39 is 5.60 Å². The van der Waals surface area contributed by atoms with Gasteiger partial charge >= 0.3 is 6.09 Å². The molecule has 2 aromatic carbocycles. The van der Waals surface area contributed by atoms with Gasteiger partial charge in [-0.25, -0.2) is 4.79 Å². The van der Waals surface area contributed by atoms with Gasteiger partial charge in [-0.2, -0.15) is 0 Å². The molecule has 0 N–H and O–H groups in total. The minimum Gasteiger partial charge on any atom is -0.444 e. The highest BCUT2D eigenvalue weighted by Crippen LogP contribution is 2.30. The summed E-state index contributed by atoms with van der Waals surface area (Å²) >= 11 is 0. The van der Waals surface area contributed by atoms with Crippen LogP contribution in [-0.4, -0.2) is 72.8 Å². The summed E-state index contributed by atoms with van der Waals surface area (Å²) in [5.74, 6) is 0. The SMILES string of the molecule is Cc1cc(N2CCN(C(=O)OC(C)(C)C)C[C@H]2C)ccc1N1CCN(Cc2ccccc2)[C@H](C)C1. The van der Waals surface area contributed by atoms with Crippen LogP contribution in [0.3, 0.4) is 0 Å². The zero-order valence-electron chi connectivity index (χ0n) is 22.3. The molecule has 0 unspecified atom stereocenters. The van der Waals surface area contributed by atoms with Crippen molar-refractivity contribution < 1.29 is 9.53 Å². The monoisotopic (exact) mass is 478 g/mol. The molecular weight excluding hydrogens is 436 g/mol. The van der Waals surface area contributed by atoms with Gasteiger partial charge in [0.25, 0.3) is 0 Å². The Morgan fingerprint density at radius 3 is 2.31 bits per heavy atom. The third-order valence-electron chi connectivity index (χ3n) is 7.13. The van der Waals surface area contributed by atoms with Crippen LogP contribution in [-0.2, 0) is 11.3 Å². The molecule has 6 heteroatoms. The highest BCUT2D eigenvalue weighted by molar-refractivity contribution is 5.69. The predicted octanol–water partition coefficient (Wildman–Crippen LogP) is 5.15. The molecule has 6 nitrogen and oxygen atoms in total. The molecule has 2 saturated heterocycles. The van der Waals surface area contributed by atoms with Gasteiger partial charge in [-0.15, -0.1) is 0 Å². The number of carbonyl (C=O) groups excluding carboxylic acids is 1. The molecule has 0 bridgehead atoms. The third kappa shape index (κ3) is 6.29. The molecule has 0 aromatic heterocycles. The fraction of sp³-hybridized carbons (Fsp3) is 0.552. The van der Waals surface area contributed by atoms with Gasteiger partial charge in [-0.1, -0.05) is 30.3 Å². The van der Waals surface area contributed by atoms with E-state index in [0.29, 0.717) is 19.1 Å². The molecule has 2 aliphatic heterocycles. The lowest BCUT2D eigenvalue weighted by molar-refractivity contribution is 0.0219. The van der Waals surface area contributed by atoms with Crippen molar-refractivity contribution in [2.45, 2.75) is 65.8 Å². The number of benzene rings is 2. The first kappa shape index (κ1) is 25.4. The third-order valence-corrected chi connectivity index (χ3v) is 7.13. The van der Waals surface area contributed by atoms with E-state index in [-0.39, 0.29) is 12.1 Å². The van der Waals surface area contributed by atoms with Crippen LogP contribution in [0.2, 0.25) is 0 Å². The second kappa shape index (κ2) is 10.5. The first-order valence-corrected chi connectivity index (χ1v) is 13.0. The van der Waals surface area contributed by atoms with E-state index in [1.54, 1.807) is 0 Å². The number of piperazine rings is 2. The lowest BCUT2D eigenvalue weighted by Gasteiger charge is -2.43. The lowest BCUT2D eigenvalue weighted by atomic mass is 10.1. The van der Waals surface area contributed by atoms with Crippen LogP contribution < -0.4 is 9.80 Å². The lowest BCUT2D eigenvalue weighted by Crippen LogP contribution is -2.54. The van der Waals surface area contributed by atoms with Gasteiger partial charge in [0.15, 0.2) is 0 Å². The minimum absolute atomic E-state index is 0.212. The van der Waals surface area contributed by atoms with Crippen molar-refractivity contribution in [3.05, 3.63) is 59.7 Å². The second-order valence-corrected chi connectivity index (χ2v) is 11.2. The topological polar surface area (TPSA) is 39.3 Å². The second-order valence-electron chi connectivity index (χ2n) is 11.2. The van der Waals surface area contributed by atoms with Gasteiger partial charge < -0.3 is 19.4 Å². The molecule has 2 atom stereocenters. The maximum absolute atomic E-state index is 12.5. The number of amides is 1. The molecular formula is C29H42N4O2. The minimum atomic E-state index is -0.463. The van der Waals surface area contributed by atoms with E-state index in [0.717, 1.165) is 32.7 Å². The summed E-state index contributed by atoms with van der Waals surface area (Å²) in [4.78, 5) is 21.9. The molecule has 0 radical (unpaired) electrons. The van der Waals surface area contributed by atoms with Crippen LogP contribution >= 0.6 is 0 Å². The average molecular weight is 479 g/mol. The summed E-state index contributed by atoms with van der Waals surface area (Å²) in [6.07, 6.45) is -0.212. The summed E-state index contributed by atoms with van der Waals surface area (Å²) in [5, 5.41) is 0. The average Bonchev–Trinajstić information content (AvgIpc) is 2.80. The van der Waals surface area contributed by atoms with Gasteiger partial charge in [-0.05, 0) is 70.9 Å². The Hall–Kier alpha value is -2.73. The number of nitrogens with zero attached hydrogens (tertiary/aromatic N) is 4. The largest absolute Gasteiger partial charge is 0.444 e. The van der Waals surface area contributed by atoms with E-state index >= 15 is 0 Å². The summed E-state index contributed by atoms with van der Waals surface area (Å²) in [6, 6.07) is 18.4. The van der Waals surface area contributed by atoms with Crippen LogP contribution in [0.25, 0.3) is 0 Å². The van der Waals surface area contributed by atoms with Gasteiger partial charge in [-0.3, -0.25) is 4.90 Å². The van der Waals surface area contributed by atoms with Gasteiger partial charge in [0.2, 0.25) is 0 Å². The highest BCUT2D eigenvalue weighted by atomic mass is 16.6. The van der Waals surface area contributed by atoms with Crippen molar-refractivity contribution >= 4 is 17.5 Å². The summed E-state index contributed by atoms with van der Waals surface area (Å²) < 4.78 is 5.58. The first-order chi connectivity index (χ1) is 16.6. The smallest absolute Gasteiger partial charge is 0.410 e. The van der Waals surface area contributed by atoms with Crippen LogP contribution in [0.15, 0.2) is 48.5 Å². The predicted molar refractivity (Wildman–Crippen MR) is 144 cm³/mol. The summed E-state index contributed by atoms with van der Waals surface area (Å²) in [5.41, 5.74) is 4.80. The fourth-order valence-electron chi connectivity index (χ4n) is 5.27. The molecule has 4 rings (SSSR count). The molecule has 0 aliphatic carbocycles. The van der Waals surface area contributed by atoms with Gasteiger partial charge in [0.1, 0.15) is 5.60 Å². The Kier molecular flexibility index (Phi) is 7.60. The zero-order valence-corrected chi connectivity index (χ0v) is 22.3. The molecule has 1 amide bonds. The Labute approximate surface area is 211 Å². The Balaban J connectivity index is 1.36. The Bertz CT molecular complexity index is 1000. The van der Waals surface area contributed by atoms with Gasteiger partial charge in [0.05, 0.1) is 0 Å². The maximum atomic E-state index is 12.5. The van der Waals surface area contributed by atoms with Crippen LogP contribution in [0.5, 0.6) is 0 Å². The quantitative estimate of drug-likeness (QED) is 0.608. The highest BCUT2D eigenvalue weighted by Gasteiger charge is 2.30. The number of hydrogen-bond donors (Lipinski definition) is 0. The van der Waals surface area contributed by atoms with E-state index in [4.69, 9.17) is 4.74 Å². The van der Waals surface area contributed by atoms with Crippen LogP contribution in [0.4, 0.5) is 16.2 Å². The van der Waals surface area contributed by atoms with Crippen molar-refractivity contribution in [2.75, 3.05) is 49.1 Å². The van der Waals surface area contributed by atoms with E-state index in [2.05, 4.69) is 84.0 Å². The van der Waals surface area contributed by atoms with Crippen LogP contribution in [0, 0.1) is 6.92 Å². The fourth-order valence-corrected chi connectivity index (χ4v) is 5.27. The first-order valence-electron chi connectivity index (χ1n) is 13.0. The van der Waals surface area contributed by atoms with Crippen molar-refractivity contribution in [1.82, 2.24) is 9.80 Å². The number of rotatable bonds is 4. The van der Waals surface area contributed by atoms with Crippen LogP contribution in [0.1, 0.15) is 45.7 Å². The standard InChI is InChI=1S/C29H42N4O2/c1-22-18-26(33-17-16-32(20-24(33)3)28(34)35-29(4,5)6)12-13-27(22)31-15-14-30(23(2)19-31)21-25-10-8-7-9-11-25/h7-13,18,23-24H,14-17,19-21H2,1-6H3/t23-,24-/m1/s1. The summed E-state index contributed by atoms with van der Waals surface area (Å²) in [7, 11) is 0. The van der Waals surface area contributed by atoms with E-state index in [1.807, 2.05) is 25.7 Å².